The van der Waals surface area contributed by atoms with E-state index in [0.29, 0.717) is 0 Å². The molecule has 6 heteroatoms. The Balaban J connectivity index is 3.48. The summed E-state index contributed by atoms with van der Waals surface area (Å²) in [4.78, 5) is 21.6. The van der Waals surface area contributed by atoms with E-state index in [1.54, 1.807) is 0 Å². The summed E-state index contributed by atoms with van der Waals surface area (Å²) in [5.41, 5.74) is 0. The third-order valence-corrected chi connectivity index (χ3v) is 1.48. The van der Waals surface area contributed by atoms with Gasteiger partial charge in [-0.1, -0.05) is 0 Å². The minimum Gasteiger partial charge on any atom is -0.384 e. The molecule has 0 aliphatic carbocycles. The van der Waals surface area contributed by atoms with Crippen LogP contribution >= 0.6 is 0 Å². The van der Waals surface area contributed by atoms with Gasteiger partial charge in [0.2, 0.25) is 11.8 Å². The fourth-order valence-electron chi connectivity index (χ4n) is 0.667. The van der Waals surface area contributed by atoms with Crippen LogP contribution in [0.15, 0.2) is 0 Å². The summed E-state index contributed by atoms with van der Waals surface area (Å²) < 4.78 is 0. The molecular formula is C8H16N2O4. The van der Waals surface area contributed by atoms with E-state index in [1.807, 2.05) is 0 Å². The number of nitrogens with one attached hydrogen (secondary N) is 2. The molecule has 0 rings (SSSR count). The lowest BCUT2D eigenvalue weighted by molar-refractivity contribution is -0.130. The fourth-order valence-corrected chi connectivity index (χ4v) is 0.667. The summed E-state index contributed by atoms with van der Waals surface area (Å²) >= 11 is 0. The van der Waals surface area contributed by atoms with Crippen molar-refractivity contribution in [2.24, 2.45) is 0 Å². The van der Waals surface area contributed by atoms with Crippen LogP contribution in [-0.4, -0.2) is 47.3 Å². The molecule has 0 bridgehead atoms. The summed E-state index contributed by atoms with van der Waals surface area (Å²) in [6.45, 7) is 3.15. The van der Waals surface area contributed by atoms with Gasteiger partial charge in [0.25, 0.3) is 0 Å². The third-order valence-electron chi connectivity index (χ3n) is 1.48. The van der Waals surface area contributed by atoms with Crippen molar-refractivity contribution in [3.8, 4) is 0 Å². The highest BCUT2D eigenvalue weighted by Gasteiger charge is 2.09. The van der Waals surface area contributed by atoms with Crippen LogP contribution in [0.25, 0.3) is 0 Å². The van der Waals surface area contributed by atoms with E-state index in [0.717, 1.165) is 0 Å². The van der Waals surface area contributed by atoms with Crippen LogP contribution in [0.5, 0.6) is 0 Å². The first-order chi connectivity index (χ1) is 6.45. The molecule has 0 aromatic rings. The molecule has 0 fully saturated rings. The number of carbonyl (C=O) groups excluding carboxylic acids is 2. The van der Waals surface area contributed by atoms with Gasteiger partial charge in [0.05, 0.1) is 0 Å². The van der Waals surface area contributed by atoms with Gasteiger partial charge in [-0.3, -0.25) is 9.59 Å². The quantitative estimate of drug-likeness (QED) is 0.388. The van der Waals surface area contributed by atoms with Crippen molar-refractivity contribution in [2.75, 3.05) is 13.1 Å². The third kappa shape index (κ3) is 5.50. The van der Waals surface area contributed by atoms with Gasteiger partial charge in [-0.15, -0.1) is 0 Å². The molecule has 0 saturated carbocycles. The van der Waals surface area contributed by atoms with Gasteiger partial charge >= 0.3 is 0 Å². The SMILES string of the molecule is CC(O)C(=O)NCCNC(=O)C(C)O. The zero-order valence-corrected chi connectivity index (χ0v) is 8.28. The van der Waals surface area contributed by atoms with Crippen LogP contribution in [0.4, 0.5) is 0 Å². The highest BCUT2D eigenvalue weighted by atomic mass is 16.3. The molecule has 0 radical (unpaired) electrons. The number of aliphatic hydroxyl groups is 2. The highest BCUT2D eigenvalue weighted by Crippen LogP contribution is 1.79. The Morgan fingerprint density at radius 3 is 1.50 bits per heavy atom. The molecule has 2 atom stereocenters. The number of hydrogen-bond donors (Lipinski definition) is 4. The second-order valence-corrected chi connectivity index (χ2v) is 2.93. The van der Waals surface area contributed by atoms with Crippen LogP contribution in [-0.2, 0) is 9.59 Å². The zero-order valence-electron chi connectivity index (χ0n) is 8.28. The molecule has 2 amide bonds. The summed E-state index contributed by atoms with van der Waals surface area (Å²) in [6, 6.07) is 0. The van der Waals surface area contributed by atoms with Crippen molar-refractivity contribution in [1.29, 1.82) is 0 Å². The monoisotopic (exact) mass is 204 g/mol. The molecule has 2 unspecified atom stereocenters. The van der Waals surface area contributed by atoms with Crippen molar-refractivity contribution in [3.63, 3.8) is 0 Å². The first-order valence-electron chi connectivity index (χ1n) is 4.36. The Morgan fingerprint density at radius 2 is 1.29 bits per heavy atom. The van der Waals surface area contributed by atoms with Gasteiger partial charge < -0.3 is 20.8 Å². The topological polar surface area (TPSA) is 98.7 Å². The Kier molecular flexibility index (Phi) is 5.82. The lowest BCUT2D eigenvalue weighted by Gasteiger charge is -2.09. The second-order valence-electron chi connectivity index (χ2n) is 2.93. The maximum Gasteiger partial charge on any atom is 0.248 e. The van der Waals surface area contributed by atoms with E-state index in [4.69, 9.17) is 10.2 Å². The number of hydrogen-bond acceptors (Lipinski definition) is 4. The summed E-state index contributed by atoms with van der Waals surface area (Å²) in [5.74, 6) is -0.979. The predicted molar refractivity (Wildman–Crippen MR) is 49.4 cm³/mol. The standard InChI is InChI=1S/C8H16N2O4/c1-5(11)7(13)9-3-4-10-8(14)6(2)12/h5-6,11-12H,3-4H2,1-2H3,(H,9,13)(H,10,14). The molecule has 0 aliphatic rings. The smallest absolute Gasteiger partial charge is 0.248 e. The summed E-state index contributed by atoms with van der Waals surface area (Å²) in [7, 11) is 0. The van der Waals surface area contributed by atoms with Gasteiger partial charge in [-0.25, -0.2) is 0 Å². The average molecular weight is 204 g/mol. The van der Waals surface area contributed by atoms with Crippen molar-refractivity contribution >= 4 is 11.8 Å². The number of amides is 2. The molecule has 0 aromatic heterocycles. The van der Waals surface area contributed by atoms with Gasteiger partial charge in [0.15, 0.2) is 0 Å². The number of carbonyl (C=O) groups is 2. The number of aliphatic hydroxyl groups excluding tert-OH is 2. The molecule has 0 saturated heterocycles. The van der Waals surface area contributed by atoms with E-state index in [9.17, 15) is 9.59 Å². The van der Waals surface area contributed by atoms with Crippen molar-refractivity contribution in [1.82, 2.24) is 10.6 Å². The molecule has 4 N–H and O–H groups in total. The summed E-state index contributed by atoms with van der Waals surface area (Å²) in [5, 5.41) is 22.3. The van der Waals surface area contributed by atoms with Crippen molar-refractivity contribution < 1.29 is 19.8 Å². The predicted octanol–water partition coefficient (Wildman–Crippen LogP) is -2.02. The molecule has 0 heterocycles. The maximum absolute atomic E-state index is 10.8. The first-order valence-corrected chi connectivity index (χ1v) is 4.36. The first kappa shape index (κ1) is 12.9. The second kappa shape index (κ2) is 6.33. The largest absolute Gasteiger partial charge is 0.384 e. The summed E-state index contributed by atoms with van der Waals surface area (Å²) in [6.07, 6.45) is -2.11. The van der Waals surface area contributed by atoms with Crippen LogP contribution < -0.4 is 10.6 Å². The maximum atomic E-state index is 10.8. The van der Waals surface area contributed by atoms with Gasteiger partial charge in [0.1, 0.15) is 12.2 Å². The Hall–Kier alpha value is -1.14. The lowest BCUT2D eigenvalue weighted by Crippen LogP contribution is -2.40. The molecule has 0 aromatic carbocycles. The highest BCUT2D eigenvalue weighted by molar-refractivity contribution is 5.81. The Morgan fingerprint density at radius 1 is 1.00 bits per heavy atom. The fraction of sp³-hybridized carbons (Fsp3) is 0.750. The van der Waals surface area contributed by atoms with Gasteiger partial charge in [-0.05, 0) is 13.8 Å². The van der Waals surface area contributed by atoms with Crippen LogP contribution in [0.2, 0.25) is 0 Å². The minimum atomic E-state index is -1.05. The van der Waals surface area contributed by atoms with Crippen LogP contribution in [0.1, 0.15) is 13.8 Å². The Bertz CT molecular complexity index is 182. The van der Waals surface area contributed by atoms with Crippen LogP contribution in [0, 0.1) is 0 Å². The van der Waals surface area contributed by atoms with E-state index >= 15 is 0 Å². The van der Waals surface area contributed by atoms with Gasteiger partial charge in [0, 0.05) is 13.1 Å². The number of rotatable bonds is 5. The van der Waals surface area contributed by atoms with Crippen molar-refractivity contribution in [3.05, 3.63) is 0 Å². The van der Waals surface area contributed by atoms with Crippen molar-refractivity contribution in [2.45, 2.75) is 26.1 Å². The molecule has 0 aliphatic heterocycles. The van der Waals surface area contributed by atoms with E-state index < -0.39 is 24.0 Å². The van der Waals surface area contributed by atoms with Crippen LogP contribution in [0.3, 0.4) is 0 Å². The van der Waals surface area contributed by atoms with Gasteiger partial charge in [-0.2, -0.15) is 0 Å². The van der Waals surface area contributed by atoms with E-state index in [1.165, 1.54) is 13.8 Å². The molecule has 82 valence electrons. The molecule has 0 spiro atoms. The lowest BCUT2D eigenvalue weighted by atomic mass is 10.3. The zero-order chi connectivity index (χ0) is 11.1. The van der Waals surface area contributed by atoms with E-state index in [2.05, 4.69) is 10.6 Å². The molecular weight excluding hydrogens is 188 g/mol. The minimum absolute atomic E-state index is 0.224. The Labute approximate surface area is 82.3 Å². The molecule has 6 nitrogen and oxygen atoms in total. The average Bonchev–Trinajstić information content (AvgIpc) is 2.11. The van der Waals surface area contributed by atoms with E-state index in [-0.39, 0.29) is 13.1 Å². The normalized spacial score (nSPS) is 14.3. The molecule has 14 heavy (non-hydrogen) atoms.